The summed E-state index contributed by atoms with van der Waals surface area (Å²) in [7, 11) is 3.05. The number of anilines is 3. The van der Waals surface area contributed by atoms with Crippen LogP contribution in [0.4, 0.5) is 21.9 Å². The molecule has 49 heavy (non-hydrogen) atoms. The number of piperazine rings is 1. The van der Waals surface area contributed by atoms with E-state index in [1.807, 2.05) is 42.5 Å². The van der Waals surface area contributed by atoms with E-state index in [0.717, 1.165) is 43.3 Å². The average molecular weight is 713 g/mol. The first kappa shape index (κ1) is 34.7. The topological polar surface area (TPSA) is 124 Å². The summed E-state index contributed by atoms with van der Waals surface area (Å²) in [6.07, 6.45) is 2.23. The third-order valence-corrected chi connectivity index (χ3v) is 8.95. The number of nitrogens with one attached hydrogen (secondary N) is 2. The van der Waals surface area contributed by atoms with Gasteiger partial charge in [-0.15, -0.1) is 0 Å². The number of aromatic nitrogens is 3. The largest absolute Gasteiger partial charge is 0.491 e. The highest BCUT2D eigenvalue weighted by molar-refractivity contribution is 6.35. The molecule has 4 aromatic rings. The molecule has 0 saturated carbocycles. The Bertz CT molecular complexity index is 1650. The molecule has 15 heteroatoms. The second-order valence-corrected chi connectivity index (χ2v) is 12.4. The number of hydrogen-bond acceptors (Lipinski definition) is 10. The summed E-state index contributed by atoms with van der Waals surface area (Å²) in [5.41, 5.74) is 3.61. The summed E-state index contributed by atoms with van der Waals surface area (Å²) >= 11 is 12.7. The van der Waals surface area contributed by atoms with Crippen molar-refractivity contribution >= 4 is 46.3 Å². The fraction of sp³-hybridized carbons (Fsp3) is 0.382. The van der Waals surface area contributed by atoms with Crippen LogP contribution >= 0.6 is 23.2 Å². The zero-order chi connectivity index (χ0) is 34.2. The molecule has 0 spiro atoms. The minimum absolute atomic E-state index is 0.247. The van der Waals surface area contributed by atoms with Gasteiger partial charge in [-0.1, -0.05) is 29.3 Å². The van der Waals surface area contributed by atoms with Crippen molar-refractivity contribution in [3.8, 4) is 5.75 Å². The number of nitrogens with zero attached hydrogens (tertiary/aromatic N) is 5. The number of rotatable bonds is 13. The SMILES string of the molecule is COC(CNC(=O)Nc1ccc(N2CCN(c3ccc(OCC4COC(Cn5cncn5)(c5ccc(Cl)cc5Cl)O4)cc3)CC2)cc1)OC. The molecule has 13 nitrogen and oxygen atoms in total. The van der Waals surface area contributed by atoms with Crippen molar-refractivity contribution in [1.82, 2.24) is 20.1 Å². The predicted octanol–water partition coefficient (Wildman–Crippen LogP) is 5.00. The van der Waals surface area contributed by atoms with Crippen LogP contribution < -0.4 is 25.2 Å². The molecule has 260 valence electrons. The molecule has 0 radical (unpaired) electrons. The second-order valence-electron chi connectivity index (χ2n) is 11.6. The summed E-state index contributed by atoms with van der Waals surface area (Å²) in [5.74, 6) is -0.423. The summed E-state index contributed by atoms with van der Waals surface area (Å²) < 4.78 is 30.7. The highest BCUT2D eigenvalue weighted by Crippen LogP contribution is 2.40. The zero-order valence-corrected chi connectivity index (χ0v) is 28.8. The van der Waals surface area contributed by atoms with E-state index in [1.54, 1.807) is 23.1 Å². The average Bonchev–Trinajstić information content (AvgIpc) is 3.79. The maximum absolute atomic E-state index is 12.2. The van der Waals surface area contributed by atoms with Crippen molar-refractivity contribution < 1.29 is 28.5 Å². The Labute approximate surface area is 294 Å². The Kier molecular flexibility index (Phi) is 11.4. The van der Waals surface area contributed by atoms with Crippen LogP contribution in [0.1, 0.15) is 5.56 Å². The third-order valence-electron chi connectivity index (χ3n) is 8.40. The van der Waals surface area contributed by atoms with Gasteiger partial charge in [-0.25, -0.2) is 14.5 Å². The molecule has 2 saturated heterocycles. The molecule has 3 aromatic carbocycles. The van der Waals surface area contributed by atoms with Crippen molar-refractivity contribution in [2.75, 3.05) is 75.3 Å². The summed E-state index contributed by atoms with van der Waals surface area (Å²) in [6.45, 7) is 4.60. The van der Waals surface area contributed by atoms with Crippen LogP contribution in [-0.4, -0.2) is 93.3 Å². The highest BCUT2D eigenvalue weighted by atomic mass is 35.5. The van der Waals surface area contributed by atoms with Crippen LogP contribution in [0.3, 0.4) is 0 Å². The van der Waals surface area contributed by atoms with Gasteiger partial charge in [0.05, 0.1) is 18.2 Å². The van der Waals surface area contributed by atoms with E-state index in [1.165, 1.54) is 20.5 Å². The van der Waals surface area contributed by atoms with Gasteiger partial charge >= 0.3 is 6.03 Å². The first-order chi connectivity index (χ1) is 23.8. The van der Waals surface area contributed by atoms with E-state index in [9.17, 15) is 4.79 Å². The minimum atomic E-state index is -1.16. The Morgan fingerprint density at radius 3 is 2.27 bits per heavy atom. The molecule has 2 amide bonds. The zero-order valence-electron chi connectivity index (χ0n) is 27.3. The number of hydrogen-bond donors (Lipinski definition) is 2. The van der Waals surface area contributed by atoms with E-state index in [4.69, 9.17) is 46.9 Å². The van der Waals surface area contributed by atoms with Gasteiger partial charge in [-0.2, -0.15) is 5.10 Å². The molecule has 2 N–H and O–H groups in total. The summed E-state index contributed by atoms with van der Waals surface area (Å²) in [5, 5.41) is 10.7. The van der Waals surface area contributed by atoms with Gasteiger partial charge in [0.15, 0.2) is 6.29 Å². The maximum atomic E-state index is 12.2. The van der Waals surface area contributed by atoms with Crippen molar-refractivity contribution in [3.63, 3.8) is 0 Å². The standard InChI is InChI=1S/C34H39Cl2N7O6/c1-45-32(46-2)18-38-33(44)40-25-4-6-26(7-5-25)41-13-15-42(16-14-41)27-8-10-28(11-9-27)47-19-29-20-48-34(49-29,21-43-23-37-22-39-43)30-12-3-24(35)17-31(30)36/h3-12,17,22-23,29,32H,13-16,18-21H2,1-2H3,(H2,38,40,44). The Morgan fingerprint density at radius 1 is 0.980 bits per heavy atom. The Hall–Kier alpha value is -4.11. The molecule has 3 heterocycles. The minimum Gasteiger partial charge on any atom is -0.491 e. The molecule has 2 fully saturated rings. The maximum Gasteiger partial charge on any atom is 0.319 e. The summed E-state index contributed by atoms with van der Waals surface area (Å²) in [6, 6.07) is 20.9. The first-order valence-electron chi connectivity index (χ1n) is 15.9. The van der Waals surface area contributed by atoms with E-state index >= 15 is 0 Å². The van der Waals surface area contributed by atoms with Crippen molar-refractivity contribution in [3.05, 3.63) is 95.0 Å². The van der Waals surface area contributed by atoms with Crippen molar-refractivity contribution in [2.24, 2.45) is 0 Å². The number of urea groups is 1. The number of carbonyl (C=O) groups is 1. The lowest BCUT2D eigenvalue weighted by molar-refractivity contribution is -0.190. The number of amides is 2. The number of ether oxygens (including phenoxy) is 5. The lowest BCUT2D eigenvalue weighted by Crippen LogP contribution is -2.46. The monoisotopic (exact) mass is 711 g/mol. The Morgan fingerprint density at radius 2 is 1.65 bits per heavy atom. The molecule has 1 aromatic heterocycles. The lowest BCUT2D eigenvalue weighted by atomic mass is 10.1. The van der Waals surface area contributed by atoms with Crippen LogP contribution in [0.2, 0.25) is 10.0 Å². The molecule has 0 aliphatic carbocycles. The smallest absolute Gasteiger partial charge is 0.319 e. The number of methoxy groups -OCH3 is 2. The van der Waals surface area contributed by atoms with Crippen LogP contribution in [0, 0.1) is 0 Å². The van der Waals surface area contributed by atoms with Gasteiger partial charge in [0, 0.05) is 68.0 Å². The van der Waals surface area contributed by atoms with E-state index in [2.05, 4.69) is 42.6 Å². The van der Waals surface area contributed by atoms with Gasteiger partial charge in [-0.3, -0.25) is 0 Å². The molecule has 0 bridgehead atoms. The second kappa shape index (κ2) is 16.1. The van der Waals surface area contributed by atoms with E-state index < -0.39 is 12.1 Å². The normalized spacial score (nSPS) is 19.3. The molecule has 2 unspecified atom stereocenters. The van der Waals surface area contributed by atoms with E-state index in [-0.39, 0.29) is 25.2 Å². The molecular formula is C34H39Cl2N7O6. The first-order valence-corrected chi connectivity index (χ1v) is 16.6. The lowest BCUT2D eigenvalue weighted by Gasteiger charge is -2.37. The van der Waals surface area contributed by atoms with Gasteiger partial charge < -0.3 is 44.1 Å². The fourth-order valence-electron chi connectivity index (χ4n) is 5.82. The third kappa shape index (κ3) is 8.74. The molecule has 2 aliphatic heterocycles. The van der Waals surface area contributed by atoms with Gasteiger partial charge in [-0.05, 0) is 60.7 Å². The highest BCUT2D eigenvalue weighted by Gasteiger charge is 2.45. The Balaban J connectivity index is 0.974. The molecule has 2 atom stereocenters. The van der Waals surface area contributed by atoms with Gasteiger partial charge in [0.25, 0.3) is 0 Å². The number of halogens is 2. The molecule has 6 rings (SSSR count). The van der Waals surface area contributed by atoms with Crippen molar-refractivity contribution in [2.45, 2.75) is 24.7 Å². The quantitative estimate of drug-likeness (QED) is 0.183. The van der Waals surface area contributed by atoms with Gasteiger partial charge in [0.1, 0.15) is 37.7 Å². The summed E-state index contributed by atoms with van der Waals surface area (Å²) in [4.78, 5) is 20.9. The van der Waals surface area contributed by atoms with Crippen LogP contribution in [0.15, 0.2) is 79.4 Å². The predicted molar refractivity (Wildman–Crippen MR) is 187 cm³/mol. The fourth-order valence-corrected chi connectivity index (χ4v) is 6.37. The number of carbonyl (C=O) groups excluding carboxylic acids is 1. The van der Waals surface area contributed by atoms with Crippen LogP contribution in [-0.2, 0) is 31.3 Å². The van der Waals surface area contributed by atoms with E-state index in [0.29, 0.717) is 34.5 Å². The van der Waals surface area contributed by atoms with Crippen LogP contribution in [0.25, 0.3) is 0 Å². The van der Waals surface area contributed by atoms with Crippen molar-refractivity contribution in [1.29, 1.82) is 0 Å². The number of benzene rings is 3. The molecular weight excluding hydrogens is 673 g/mol. The van der Waals surface area contributed by atoms with Crippen LogP contribution in [0.5, 0.6) is 5.75 Å². The van der Waals surface area contributed by atoms with Gasteiger partial charge in [0.2, 0.25) is 5.79 Å². The molecule has 2 aliphatic rings.